The van der Waals surface area contributed by atoms with Crippen LogP contribution in [0.25, 0.3) is 0 Å². The highest BCUT2D eigenvalue weighted by Crippen LogP contribution is 2.29. The third kappa shape index (κ3) is 6.06. The highest BCUT2D eigenvalue weighted by Gasteiger charge is 2.32. The van der Waals surface area contributed by atoms with Crippen LogP contribution in [0.5, 0.6) is 0 Å². The molecule has 0 aliphatic heterocycles. The second kappa shape index (κ2) is 7.80. The highest BCUT2D eigenvalue weighted by atomic mass is 19.4. The van der Waals surface area contributed by atoms with Gasteiger partial charge in [0.15, 0.2) is 0 Å². The molecule has 1 fully saturated rings. The second-order valence-electron chi connectivity index (χ2n) is 5.51. The fraction of sp³-hybridized carbons (Fsp3) is 0.625. The molecule has 0 amide bonds. The fourth-order valence-electron chi connectivity index (χ4n) is 2.74. The molecule has 0 bridgehead atoms. The zero-order valence-electron chi connectivity index (χ0n) is 12.0. The Labute approximate surface area is 123 Å². The minimum Gasteiger partial charge on any atom is -0.377 e. The topological polar surface area (TPSA) is 21.3 Å². The van der Waals surface area contributed by atoms with Gasteiger partial charge in [-0.05, 0) is 18.4 Å². The van der Waals surface area contributed by atoms with E-state index in [1.165, 1.54) is 12.8 Å². The van der Waals surface area contributed by atoms with Crippen molar-refractivity contribution in [1.29, 1.82) is 0 Å². The molecule has 1 aromatic carbocycles. The van der Waals surface area contributed by atoms with Crippen molar-refractivity contribution in [3.05, 3.63) is 35.9 Å². The summed E-state index contributed by atoms with van der Waals surface area (Å²) in [5.41, 5.74) is 0.663. The number of halogens is 3. The van der Waals surface area contributed by atoms with Crippen LogP contribution in [0.2, 0.25) is 0 Å². The van der Waals surface area contributed by atoms with E-state index >= 15 is 0 Å². The maximum atomic E-state index is 12.7. The average Bonchev–Trinajstić information content (AvgIpc) is 2.95. The molecule has 2 rings (SSSR count). The number of hydrogen-bond donors (Lipinski definition) is 1. The summed E-state index contributed by atoms with van der Waals surface area (Å²) < 4.78 is 43.7. The first-order chi connectivity index (χ1) is 10.0. The van der Waals surface area contributed by atoms with E-state index < -0.39 is 18.6 Å². The Morgan fingerprint density at radius 3 is 2.43 bits per heavy atom. The lowest BCUT2D eigenvalue weighted by Gasteiger charge is -2.21. The average molecular weight is 301 g/mol. The van der Waals surface area contributed by atoms with Crippen LogP contribution in [0.3, 0.4) is 0 Å². The van der Waals surface area contributed by atoms with Crippen molar-refractivity contribution in [1.82, 2.24) is 5.32 Å². The Hall–Kier alpha value is -1.07. The van der Waals surface area contributed by atoms with Crippen molar-refractivity contribution in [2.45, 2.75) is 50.4 Å². The summed E-state index contributed by atoms with van der Waals surface area (Å²) in [5.74, 6) is 0. The van der Waals surface area contributed by atoms with Gasteiger partial charge in [0.2, 0.25) is 0 Å². The van der Waals surface area contributed by atoms with E-state index in [1.54, 1.807) is 30.3 Å². The Bertz CT molecular complexity index is 402. The van der Waals surface area contributed by atoms with E-state index in [1.807, 2.05) is 0 Å². The van der Waals surface area contributed by atoms with Gasteiger partial charge in [-0.2, -0.15) is 13.2 Å². The van der Waals surface area contributed by atoms with Gasteiger partial charge in [0.25, 0.3) is 0 Å². The zero-order valence-corrected chi connectivity index (χ0v) is 12.0. The van der Waals surface area contributed by atoms with Crippen molar-refractivity contribution in [3.63, 3.8) is 0 Å². The Balaban J connectivity index is 1.81. The number of hydrogen-bond acceptors (Lipinski definition) is 2. The Kier molecular flexibility index (Phi) is 6.06. The summed E-state index contributed by atoms with van der Waals surface area (Å²) in [6.07, 6.45) is -0.211. The minimum atomic E-state index is -4.18. The SMILES string of the molecule is FC(F)(F)CC(NCCOC1CCCC1)c1ccccc1. The molecule has 0 radical (unpaired) electrons. The van der Waals surface area contributed by atoms with E-state index in [0.717, 1.165) is 12.8 Å². The first kappa shape index (κ1) is 16.3. The number of rotatable bonds is 7. The summed E-state index contributed by atoms with van der Waals surface area (Å²) in [7, 11) is 0. The molecule has 1 aliphatic carbocycles. The molecule has 0 heterocycles. The first-order valence-corrected chi connectivity index (χ1v) is 7.51. The predicted molar refractivity (Wildman–Crippen MR) is 76.1 cm³/mol. The van der Waals surface area contributed by atoms with Gasteiger partial charge >= 0.3 is 6.18 Å². The van der Waals surface area contributed by atoms with E-state index in [0.29, 0.717) is 24.8 Å². The largest absolute Gasteiger partial charge is 0.390 e. The van der Waals surface area contributed by atoms with Crippen molar-refractivity contribution >= 4 is 0 Å². The standard InChI is InChI=1S/C16H22F3NO/c17-16(18,19)12-15(13-6-2-1-3-7-13)20-10-11-21-14-8-4-5-9-14/h1-3,6-7,14-15,20H,4-5,8-12H2. The predicted octanol–water partition coefficient (Wildman–Crippen LogP) is 4.23. The molecular formula is C16H22F3NO. The Morgan fingerprint density at radius 2 is 1.81 bits per heavy atom. The van der Waals surface area contributed by atoms with E-state index in [-0.39, 0.29) is 0 Å². The van der Waals surface area contributed by atoms with Crippen LogP contribution in [0.15, 0.2) is 30.3 Å². The number of nitrogens with one attached hydrogen (secondary N) is 1. The molecule has 1 atom stereocenters. The van der Waals surface area contributed by atoms with Gasteiger partial charge in [-0.1, -0.05) is 43.2 Å². The van der Waals surface area contributed by atoms with Crippen LogP contribution in [0.4, 0.5) is 13.2 Å². The lowest BCUT2D eigenvalue weighted by molar-refractivity contribution is -0.140. The van der Waals surface area contributed by atoms with Crippen molar-refractivity contribution in [2.75, 3.05) is 13.2 Å². The summed E-state index contributed by atoms with van der Waals surface area (Å²) in [4.78, 5) is 0. The number of ether oxygens (including phenoxy) is 1. The van der Waals surface area contributed by atoms with Crippen molar-refractivity contribution < 1.29 is 17.9 Å². The van der Waals surface area contributed by atoms with Crippen molar-refractivity contribution in [2.24, 2.45) is 0 Å². The Morgan fingerprint density at radius 1 is 1.14 bits per heavy atom. The maximum absolute atomic E-state index is 12.7. The van der Waals surface area contributed by atoms with Crippen LogP contribution in [-0.4, -0.2) is 25.4 Å². The van der Waals surface area contributed by atoms with Crippen LogP contribution in [-0.2, 0) is 4.74 Å². The molecule has 5 heteroatoms. The van der Waals surface area contributed by atoms with Gasteiger partial charge in [0.1, 0.15) is 0 Å². The molecule has 1 aromatic rings. The summed E-state index contributed by atoms with van der Waals surface area (Å²) in [6.45, 7) is 0.901. The summed E-state index contributed by atoms with van der Waals surface area (Å²) in [5, 5.41) is 2.97. The molecular weight excluding hydrogens is 279 g/mol. The van der Waals surface area contributed by atoms with Gasteiger partial charge < -0.3 is 10.1 Å². The van der Waals surface area contributed by atoms with Gasteiger partial charge in [0, 0.05) is 12.6 Å². The first-order valence-electron chi connectivity index (χ1n) is 7.51. The number of alkyl halides is 3. The molecule has 0 aromatic heterocycles. The molecule has 21 heavy (non-hydrogen) atoms. The van der Waals surface area contributed by atoms with Crippen molar-refractivity contribution in [3.8, 4) is 0 Å². The van der Waals surface area contributed by atoms with Gasteiger partial charge in [-0.25, -0.2) is 0 Å². The molecule has 1 saturated carbocycles. The smallest absolute Gasteiger partial charge is 0.377 e. The third-order valence-electron chi connectivity index (χ3n) is 3.79. The van der Waals surface area contributed by atoms with Crippen LogP contribution >= 0.6 is 0 Å². The molecule has 0 spiro atoms. The molecule has 118 valence electrons. The molecule has 0 saturated heterocycles. The zero-order chi connectivity index (χ0) is 15.1. The van der Waals surface area contributed by atoms with E-state index in [4.69, 9.17) is 4.74 Å². The van der Waals surface area contributed by atoms with Crippen LogP contribution in [0, 0.1) is 0 Å². The normalized spacial score (nSPS) is 18.0. The lowest BCUT2D eigenvalue weighted by atomic mass is 10.0. The number of benzene rings is 1. The van der Waals surface area contributed by atoms with Gasteiger partial charge in [-0.3, -0.25) is 0 Å². The molecule has 1 aliphatic rings. The summed E-state index contributed by atoms with van der Waals surface area (Å²) in [6, 6.07) is 8.06. The fourth-order valence-corrected chi connectivity index (χ4v) is 2.74. The second-order valence-corrected chi connectivity index (χ2v) is 5.51. The minimum absolute atomic E-state index is 0.296. The monoisotopic (exact) mass is 301 g/mol. The molecule has 1 N–H and O–H groups in total. The van der Waals surface area contributed by atoms with Crippen LogP contribution in [0.1, 0.15) is 43.7 Å². The molecule has 2 nitrogen and oxygen atoms in total. The third-order valence-corrected chi connectivity index (χ3v) is 3.79. The lowest BCUT2D eigenvalue weighted by Crippen LogP contribution is -2.30. The summed E-state index contributed by atoms with van der Waals surface area (Å²) >= 11 is 0. The quantitative estimate of drug-likeness (QED) is 0.761. The van der Waals surface area contributed by atoms with E-state index in [2.05, 4.69) is 5.32 Å². The van der Waals surface area contributed by atoms with E-state index in [9.17, 15) is 13.2 Å². The van der Waals surface area contributed by atoms with Crippen LogP contribution < -0.4 is 5.32 Å². The molecule has 1 unspecified atom stereocenters. The van der Waals surface area contributed by atoms with Gasteiger partial charge in [-0.15, -0.1) is 0 Å². The highest BCUT2D eigenvalue weighted by molar-refractivity contribution is 5.19. The van der Waals surface area contributed by atoms with Gasteiger partial charge in [0.05, 0.1) is 19.1 Å². The maximum Gasteiger partial charge on any atom is 0.390 e.